The van der Waals surface area contributed by atoms with Crippen LogP contribution in [0.3, 0.4) is 0 Å². The third kappa shape index (κ3) is 3.73. The number of halogens is 3. The maximum Gasteiger partial charge on any atom is 0.573 e. The number of aromatic nitrogens is 3. The van der Waals surface area contributed by atoms with E-state index in [2.05, 4.69) is 14.7 Å². The number of fused-ring (bicyclic) bond motifs is 1. The molecule has 28 heavy (non-hydrogen) atoms. The first-order valence-corrected chi connectivity index (χ1v) is 8.12. The van der Waals surface area contributed by atoms with E-state index in [1.807, 2.05) is 0 Å². The van der Waals surface area contributed by atoms with E-state index in [9.17, 15) is 18.0 Å². The monoisotopic (exact) mass is 387 g/mol. The van der Waals surface area contributed by atoms with Gasteiger partial charge in [0.2, 0.25) is 0 Å². The summed E-state index contributed by atoms with van der Waals surface area (Å²) in [5.41, 5.74) is 3.07. The molecule has 4 aromatic rings. The largest absolute Gasteiger partial charge is 0.573 e. The van der Waals surface area contributed by atoms with Crippen molar-refractivity contribution in [2.75, 3.05) is 0 Å². The van der Waals surface area contributed by atoms with Crippen molar-refractivity contribution < 1.29 is 22.3 Å². The van der Waals surface area contributed by atoms with Crippen LogP contribution in [0.25, 0.3) is 22.2 Å². The fourth-order valence-corrected chi connectivity index (χ4v) is 2.83. The highest BCUT2D eigenvalue weighted by Gasteiger charge is 2.30. The van der Waals surface area contributed by atoms with E-state index >= 15 is 0 Å². The minimum atomic E-state index is -4.74. The van der Waals surface area contributed by atoms with Crippen LogP contribution in [0, 0.1) is 0 Å². The van der Waals surface area contributed by atoms with E-state index in [-0.39, 0.29) is 12.3 Å². The summed E-state index contributed by atoms with van der Waals surface area (Å²) in [5.74, 6) is -0.827. The summed E-state index contributed by atoms with van der Waals surface area (Å²) < 4.78 is 47.5. The average Bonchev–Trinajstić information content (AvgIpc) is 2.97. The smallest absolute Gasteiger partial charge is 0.408 e. The molecule has 0 saturated heterocycles. The number of benzene rings is 2. The summed E-state index contributed by atoms with van der Waals surface area (Å²) >= 11 is 0. The van der Waals surface area contributed by atoms with Gasteiger partial charge in [0, 0.05) is 18.0 Å². The van der Waals surface area contributed by atoms with Gasteiger partial charge in [0.15, 0.2) is 5.58 Å². The zero-order valence-corrected chi connectivity index (χ0v) is 14.2. The molecule has 2 heterocycles. The maximum atomic E-state index is 12.3. The molecule has 2 aromatic heterocycles. The number of rotatable bonds is 4. The van der Waals surface area contributed by atoms with Gasteiger partial charge in [0.05, 0.1) is 12.1 Å². The second-order valence-electron chi connectivity index (χ2n) is 5.96. The van der Waals surface area contributed by atoms with Gasteiger partial charge in [-0.2, -0.15) is 0 Å². The molecule has 0 amide bonds. The minimum absolute atomic E-state index is 0.231. The summed E-state index contributed by atoms with van der Waals surface area (Å²) in [6.07, 6.45) is -0.151. The van der Waals surface area contributed by atoms with Gasteiger partial charge in [-0.05, 0) is 35.4 Å². The maximum absolute atomic E-state index is 12.3. The van der Waals surface area contributed by atoms with E-state index in [0.717, 1.165) is 5.56 Å². The lowest BCUT2D eigenvalue weighted by Crippen LogP contribution is -2.16. The third-order valence-corrected chi connectivity index (χ3v) is 4.04. The van der Waals surface area contributed by atoms with Crippen molar-refractivity contribution in [3.8, 4) is 16.9 Å². The topological polar surface area (TPSA) is 70.2 Å². The predicted molar refractivity (Wildman–Crippen MR) is 93.7 cm³/mol. The van der Waals surface area contributed by atoms with Gasteiger partial charge in [-0.15, -0.1) is 13.2 Å². The molecule has 142 valence electrons. The SMILES string of the molecule is O=c1oc2ccc(-c3ccc(OC(F)(F)F)cc3)cc2n1Cc1cncnc1. The number of oxazole rings is 1. The highest BCUT2D eigenvalue weighted by molar-refractivity contribution is 5.80. The Morgan fingerprint density at radius 3 is 2.36 bits per heavy atom. The van der Waals surface area contributed by atoms with Crippen molar-refractivity contribution in [1.82, 2.24) is 14.5 Å². The summed E-state index contributed by atoms with van der Waals surface area (Å²) in [7, 11) is 0. The molecule has 0 saturated carbocycles. The number of nitrogens with zero attached hydrogens (tertiary/aromatic N) is 3. The lowest BCUT2D eigenvalue weighted by Gasteiger charge is -2.09. The van der Waals surface area contributed by atoms with Crippen molar-refractivity contribution in [1.29, 1.82) is 0 Å². The Morgan fingerprint density at radius 2 is 1.68 bits per heavy atom. The molecule has 2 aromatic carbocycles. The van der Waals surface area contributed by atoms with Crippen LogP contribution in [0.5, 0.6) is 5.75 Å². The number of hydrogen-bond acceptors (Lipinski definition) is 5. The Balaban J connectivity index is 1.69. The zero-order chi connectivity index (χ0) is 19.7. The summed E-state index contributed by atoms with van der Waals surface area (Å²) in [6.45, 7) is 0.231. The highest BCUT2D eigenvalue weighted by Crippen LogP contribution is 2.28. The van der Waals surface area contributed by atoms with Crippen LogP contribution in [0.4, 0.5) is 13.2 Å². The van der Waals surface area contributed by atoms with Crippen LogP contribution in [-0.4, -0.2) is 20.9 Å². The van der Waals surface area contributed by atoms with Gasteiger partial charge in [-0.25, -0.2) is 14.8 Å². The van der Waals surface area contributed by atoms with E-state index in [0.29, 0.717) is 22.2 Å². The van der Waals surface area contributed by atoms with Crippen molar-refractivity contribution in [2.24, 2.45) is 0 Å². The fraction of sp³-hybridized carbons (Fsp3) is 0.105. The molecule has 0 bridgehead atoms. The average molecular weight is 387 g/mol. The molecule has 0 spiro atoms. The van der Waals surface area contributed by atoms with Crippen molar-refractivity contribution >= 4 is 11.1 Å². The Kier molecular flexibility index (Phi) is 4.34. The molecule has 0 unspecified atom stereocenters. The quantitative estimate of drug-likeness (QED) is 0.529. The second kappa shape index (κ2) is 6.84. The number of hydrogen-bond donors (Lipinski definition) is 0. The van der Waals surface area contributed by atoms with Gasteiger partial charge in [-0.3, -0.25) is 4.57 Å². The van der Waals surface area contributed by atoms with Crippen LogP contribution >= 0.6 is 0 Å². The lowest BCUT2D eigenvalue weighted by molar-refractivity contribution is -0.274. The molecule has 0 aliphatic rings. The van der Waals surface area contributed by atoms with Gasteiger partial charge in [-0.1, -0.05) is 18.2 Å². The molecule has 6 nitrogen and oxygen atoms in total. The first kappa shape index (κ1) is 17.8. The summed E-state index contributed by atoms with van der Waals surface area (Å²) in [6, 6.07) is 10.6. The molecule has 4 rings (SSSR count). The van der Waals surface area contributed by atoms with Crippen LogP contribution < -0.4 is 10.5 Å². The van der Waals surface area contributed by atoms with Crippen molar-refractivity contribution in [3.63, 3.8) is 0 Å². The molecule has 0 aliphatic heterocycles. The van der Waals surface area contributed by atoms with Crippen LogP contribution in [0.1, 0.15) is 5.56 Å². The second-order valence-corrected chi connectivity index (χ2v) is 5.96. The molecule has 9 heteroatoms. The first-order chi connectivity index (χ1) is 13.4. The van der Waals surface area contributed by atoms with Crippen molar-refractivity contribution in [2.45, 2.75) is 12.9 Å². The van der Waals surface area contributed by atoms with Crippen LogP contribution in [-0.2, 0) is 6.54 Å². The van der Waals surface area contributed by atoms with Gasteiger partial charge >= 0.3 is 12.1 Å². The highest BCUT2D eigenvalue weighted by atomic mass is 19.4. The van der Waals surface area contributed by atoms with Crippen LogP contribution in [0.15, 0.2) is 70.4 Å². The van der Waals surface area contributed by atoms with Gasteiger partial charge in [0.1, 0.15) is 12.1 Å². The number of alkyl halides is 3. The molecule has 0 fully saturated rings. The Bertz CT molecular complexity index is 1170. The summed E-state index contributed by atoms with van der Waals surface area (Å²) in [5, 5.41) is 0. The molecule has 0 N–H and O–H groups in total. The van der Waals surface area contributed by atoms with Gasteiger partial charge < -0.3 is 9.15 Å². The van der Waals surface area contributed by atoms with E-state index < -0.39 is 12.1 Å². The van der Waals surface area contributed by atoms with E-state index in [4.69, 9.17) is 4.42 Å². The number of ether oxygens (including phenoxy) is 1. The summed E-state index contributed by atoms with van der Waals surface area (Å²) in [4.78, 5) is 20.0. The predicted octanol–water partition coefficient (Wildman–Crippen LogP) is 4.00. The molecular weight excluding hydrogens is 375 g/mol. The van der Waals surface area contributed by atoms with E-state index in [1.54, 1.807) is 30.6 Å². The Hall–Kier alpha value is -3.62. The third-order valence-electron chi connectivity index (χ3n) is 4.04. The Labute approximate surface area is 155 Å². The molecule has 0 atom stereocenters. The van der Waals surface area contributed by atoms with Gasteiger partial charge in [0.25, 0.3) is 0 Å². The Morgan fingerprint density at radius 1 is 1.00 bits per heavy atom. The van der Waals surface area contributed by atoms with E-state index in [1.165, 1.54) is 35.2 Å². The standard InChI is InChI=1S/C19H12F3N3O3/c20-19(21,22)28-15-4-1-13(2-5-15)14-3-6-17-16(7-14)25(18(26)27-17)10-12-8-23-11-24-9-12/h1-9,11H,10H2. The molecule has 0 radical (unpaired) electrons. The minimum Gasteiger partial charge on any atom is -0.408 e. The van der Waals surface area contributed by atoms with Crippen LogP contribution in [0.2, 0.25) is 0 Å². The lowest BCUT2D eigenvalue weighted by atomic mass is 10.1. The molecular formula is C19H12F3N3O3. The normalized spacial score (nSPS) is 11.7. The van der Waals surface area contributed by atoms with Crippen molar-refractivity contribution in [3.05, 3.63) is 77.3 Å². The fourth-order valence-electron chi connectivity index (χ4n) is 2.83. The first-order valence-electron chi connectivity index (χ1n) is 8.12. The molecule has 0 aliphatic carbocycles. The zero-order valence-electron chi connectivity index (χ0n) is 14.2.